The number of urea groups is 1. The molecule has 37 heavy (non-hydrogen) atoms. The largest absolute Gasteiger partial charge is 0.463 e. The molecule has 2 aliphatic heterocycles. The number of sulfonamides is 1. The van der Waals surface area contributed by atoms with Gasteiger partial charge in [-0.2, -0.15) is 4.31 Å². The summed E-state index contributed by atoms with van der Waals surface area (Å²) in [4.78, 5) is 29.9. The topological polar surface area (TPSA) is 99.3 Å². The summed E-state index contributed by atoms with van der Waals surface area (Å²) in [6.45, 7) is 7.33. The summed E-state index contributed by atoms with van der Waals surface area (Å²) in [7, 11) is -1.99. The van der Waals surface area contributed by atoms with Crippen molar-refractivity contribution >= 4 is 22.0 Å². The highest BCUT2D eigenvalue weighted by atomic mass is 32.2. The van der Waals surface area contributed by atoms with E-state index in [0.29, 0.717) is 37.4 Å². The summed E-state index contributed by atoms with van der Waals surface area (Å²) in [5.41, 5.74) is 2.81. The van der Waals surface area contributed by atoms with Crippen LogP contribution in [0.4, 0.5) is 4.79 Å². The zero-order chi connectivity index (χ0) is 26.7. The van der Waals surface area contributed by atoms with Crippen LogP contribution < -0.4 is 5.32 Å². The quantitative estimate of drug-likeness (QED) is 0.557. The van der Waals surface area contributed by atoms with Crippen molar-refractivity contribution in [3.63, 3.8) is 0 Å². The van der Waals surface area contributed by atoms with Crippen LogP contribution >= 0.6 is 0 Å². The van der Waals surface area contributed by atoms with Crippen molar-refractivity contribution in [3.05, 3.63) is 77.0 Å². The summed E-state index contributed by atoms with van der Waals surface area (Å²) < 4.78 is 33.3. The maximum atomic E-state index is 13.2. The molecule has 1 N–H and O–H groups in total. The lowest BCUT2D eigenvalue weighted by Crippen LogP contribution is -2.56. The molecule has 2 atom stereocenters. The molecule has 1 saturated heterocycles. The molecule has 2 aromatic rings. The number of carbonyl (C=O) groups excluding carboxylic acids is 2. The Morgan fingerprint density at radius 1 is 1.08 bits per heavy atom. The van der Waals surface area contributed by atoms with E-state index in [1.165, 1.54) is 9.21 Å². The van der Waals surface area contributed by atoms with E-state index in [9.17, 15) is 18.0 Å². The molecule has 2 amide bonds. The standard InChI is InChI=1S/C27H34N4O5S/c1-5-36-26(32)24-23(29(4)27(33)28-25(24)21-13-11-19(2)12-14-21)18-30-15-16-31(20(3)17-30)37(34,35)22-9-7-6-8-10-22/h6-14,20,25H,5,15-18H2,1-4H3,(H,28,33)/t20-,25-/m0/s1. The Hall–Kier alpha value is -3.21. The number of piperazine rings is 1. The smallest absolute Gasteiger partial charge is 0.338 e. The fourth-order valence-electron chi connectivity index (χ4n) is 4.86. The number of nitrogens with one attached hydrogen (secondary N) is 1. The molecule has 0 aliphatic carbocycles. The van der Waals surface area contributed by atoms with Gasteiger partial charge in [0.15, 0.2) is 0 Å². The number of nitrogens with zero attached hydrogens (tertiary/aromatic N) is 3. The predicted molar refractivity (Wildman–Crippen MR) is 140 cm³/mol. The highest BCUT2D eigenvalue weighted by Gasteiger charge is 2.39. The van der Waals surface area contributed by atoms with Crippen molar-refractivity contribution in [3.8, 4) is 0 Å². The summed E-state index contributed by atoms with van der Waals surface area (Å²) in [5.74, 6) is -0.478. The van der Waals surface area contributed by atoms with Gasteiger partial charge in [0.05, 0.1) is 23.1 Å². The van der Waals surface area contributed by atoms with Gasteiger partial charge >= 0.3 is 12.0 Å². The molecular formula is C27H34N4O5S. The van der Waals surface area contributed by atoms with Gasteiger partial charge in [0, 0.05) is 45.0 Å². The summed E-state index contributed by atoms with van der Waals surface area (Å²) in [6.07, 6.45) is 0. The average molecular weight is 527 g/mol. The van der Waals surface area contributed by atoms with E-state index in [0.717, 1.165) is 11.1 Å². The fourth-order valence-corrected chi connectivity index (χ4v) is 6.50. The monoisotopic (exact) mass is 526 g/mol. The first-order valence-corrected chi connectivity index (χ1v) is 13.9. The van der Waals surface area contributed by atoms with Crippen LogP contribution in [0.2, 0.25) is 0 Å². The third-order valence-corrected chi connectivity index (χ3v) is 8.88. The van der Waals surface area contributed by atoms with Gasteiger partial charge in [0.1, 0.15) is 0 Å². The van der Waals surface area contributed by atoms with Crippen molar-refractivity contribution in [2.75, 3.05) is 39.8 Å². The lowest BCUT2D eigenvalue weighted by Gasteiger charge is -2.41. The Morgan fingerprint density at radius 2 is 1.76 bits per heavy atom. The molecule has 2 aliphatic rings. The first-order valence-electron chi connectivity index (χ1n) is 12.4. The Morgan fingerprint density at radius 3 is 2.38 bits per heavy atom. The molecule has 10 heteroatoms. The van der Waals surface area contributed by atoms with E-state index >= 15 is 0 Å². The maximum absolute atomic E-state index is 13.2. The van der Waals surface area contributed by atoms with Crippen LogP contribution in [0.5, 0.6) is 0 Å². The third-order valence-electron chi connectivity index (χ3n) is 6.86. The lowest BCUT2D eigenvalue weighted by molar-refractivity contribution is -0.139. The average Bonchev–Trinajstić information content (AvgIpc) is 2.87. The molecule has 0 saturated carbocycles. The number of carbonyl (C=O) groups is 2. The van der Waals surface area contributed by atoms with Crippen molar-refractivity contribution in [1.82, 2.24) is 19.4 Å². The van der Waals surface area contributed by atoms with Gasteiger partial charge in [-0.1, -0.05) is 48.0 Å². The molecule has 0 bridgehead atoms. The van der Waals surface area contributed by atoms with E-state index in [4.69, 9.17) is 4.74 Å². The Bertz CT molecular complexity index is 1280. The second-order valence-corrected chi connectivity index (χ2v) is 11.3. The predicted octanol–water partition coefficient (Wildman–Crippen LogP) is 2.90. The van der Waals surface area contributed by atoms with E-state index in [1.54, 1.807) is 44.3 Å². The maximum Gasteiger partial charge on any atom is 0.338 e. The minimum atomic E-state index is -3.62. The molecular weight excluding hydrogens is 492 g/mol. The number of aryl methyl sites for hydroxylation is 1. The van der Waals surface area contributed by atoms with Crippen LogP contribution in [0.25, 0.3) is 0 Å². The van der Waals surface area contributed by atoms with Gasteiger partial charge in [0.25, 0.3) is 0 Å². The fraction of sp³-hybridized carbons (Fsp3) is 0.407. The first-order chi connectivity index (χ1) is 17.6. The minimum Gasteiger partial charge on any atom is -0.463 e. The Balaban J connectivity index is 1.62. The van der Waals surface area contributed by atoms with Gasteiger partial charge < -0.3 is 10.1 Å². The van der Waals surface area contributed by atoms with Crippen LogP contribution in [0.3, 0.4) is 0 Å². The van der Waals surface area contributed by atoms with Gasteiger partial charge in [-0.05, 0) is 38.5 Å². The minimum absolute atomic E-state index is 0.209. The van der Waals surface area contributed by atoms with Crippen molar-refractivity contribution in [1.29, 1.82) is 0 Å². The Labute approximate surface area is 218 Å². The van der Waals surface area contributed by atoms with Gasteiger partial charge in [-0.15, -0.1) is 0 Å². The second kappa shape index (κ2) is 11.0. The van der Waals surface area contributed by atoms with E-state index < -0.39 is 22.0 Å². The molecule has 0 spiro atoms. The number of hydrogen-bond acceptors (Lipinski definition) is 6. The summed E-state index contributed by atoms with van der Waals surface area (Å²) >= 11 is 0. The SMILES string of the molecule is CCOC(=O)C1=C(CN2CCN(S(=O)(=O)c3ccccc3)[C@@H](C)C2)N(C)C(=O)N[C@H]1c1ccc(C)cc1. The first kappa shape index (κ1) is 26.8. The van der Waals surface area contributed by atoms with Crippen molar-refractivity contribution < 1.29 is 22.7 Å². The number of rotatable bonds is 7. The van der Waals surface area contributed by atoms with Crippen LogP contribution in [0, 0.1) is 6.92 Å². The van der Waals surface area contributed by atoms with Gasteiger partial charge in [-0.3, -0.25) is 9.80 Å². The van der Waals surface area contributed by atoms with Crippen molar-refractivity contribution in [2.45, 2.75) is 37.8 Å². The molecule has 0 radical (unpaired) electrons. The normalized spacial score (nSPS) is 21.6. The van der Waals surface area contributed by atoms with Crippen molar-refractivity contribution in [2.24, 2.45) is 0 Å². The second-order valence-electron chi connectivity index (χ2n) is 9.45. The molecule has 1 fully saturated rings. The lowest BCUT2D eigenvalue weighted by atomic mass is 9.93. The van der Waals surface area contributed by atoms with Crippen LogP contribution in [0.1, 0.15) is 31.0 Å². The molecule has 2 aromatic carbocycles. The number of likely N-dealkylation sites (N-methyl/N-ethyl adjacent to an activating group) is 1. The third kappa shape index (κ3) is 5.56. The number of amides is 2. The van der Waals surface area contributed by atoms with E-state index in [1.807, 2.05) is 38.1 Å². The molecule has 198 valence electrons. The molecule has 0 aromatic heterocycles. The number of hydrogen-bond donors (Lipinski definition) is 1. The number of benzene rings is 2. The number of ether oxygens (including phenoxy) is 1. The van der Waals surface area contributed by atoms with Crippen LogP contribution in [0.15, 0.2) is 70.8 Å². The van der Waals surface area contributed by atoms with E-state index in [2.05, 4.69) is 10.2 Å². The van der Waals surface area contributed by atoms with E-state index in [-0.39, 0.29) is 23.6 Å². The molecule has 9 nitrogen and oxygen atoms in total. The molecule has 4 rings (SSSR count). The van der Waals surface area contributed by atoms with Crippen LogP contribution in [-0.2, 0) is 19.6 Å². The molecule has 0 unspecified atom stereocenters. The zero-order valence-electron chi connectivity index (χ0n) is 21.7. The van der Waals surface area contributed by atoms with Crippen LogP contribution in [-0.4, -0.2) is 80.4 Å². The molecule has 2 heterocycles. The highest BCUT2D eigenvalue weighted by Crippen LogP contribution is 2.32. The summed E-state index contributed by atoms with van der Waals surface area (Å²) in [6, 6.07) is 14.9. The highest BCUT2D eigenvalue weighted by molar-refractivity contribution is 7.89. The number of esters is 1. The van der Waals surface area contributed by atoms with Gasteiger partial charge in [-0.25, -0.2) is 18.0 Å². The van der Waals surface area contributed by atoms with Gasteiger partial charge in [0.2, 0.25) is 10.0 Å². The summed E-state index contributed by atoms with van der Waals surface area (Å²) in [5, 5.41) is 2.93. The Kier molecular flexibility index (Phi) is 8.01. The zero-order valence-corrected chi connectivity index (χ0v) is 22.5.